The first-order chi connectivity index (χ1) is 7.04. The zero-order valence-corrected chi connectivity index (χ0v) is 7.79. The summed E-state index contributed by atoms with van der Waals surface area (Å²) < 4.78 is 13.1. The average Bonchev–Trinajstić information content (AvgIpc) is 2.20. The monoisotopic (exact) mass is 211 g/mol. The van der Waals surface area contributed by atoms with Crippen LogP contribution in [0.1, 0.15) is 10.4 Å². The summed E-state index contributed by atoms with van der Waals surface area (Å²) in [4.78, 5) is 21.7. The molecule has 2 amide bonds. The first-order valence-corrected chi connectivity index (χ1v) is 4.14. The second-order valence-electron chi connectivity index (χ2n) is 2.81. The van der Waals surface area contributed by atoms with Crippen molar-refractivity contribution in [1.82, 2.24) is 0 Å². The Morgan fingerprint density at radius 2 is 2.07 bits per heavy atom. The van der Waals surface area contributed by atoms with Crippen molar-refractivity contribution in [3.8, 4) is 0 Å². The summed E-state index contributed by atoms with van der Waals surface area (Å²) in [5.41, 5.74) is 10.0. The first-order valence-electron chi connectivity index (χ1n) is 4.14. The van der Waals surface area contributed by atoms with Gasteiger partial charge < -0.3 is 16.8 Å². The third kappa shape index (κ3) is 2.75. The van der Waals surface area contributed by atoms with Crippen molar-refractivity contribution < 1.29 is 14.0 Å². The summed E-state index contributed by atoms with van der Waals surface area (Å²) in [6.45, 7) is -0.264. The van der Waals surface area contributed by atoms with E-state index in [-0.39, 0.29) is 17.8 Å². The van der Waals surface area contributed by atoms with E-state index in [4.69, 9.17) is 11.5 Å². The molecule has 0 aliphatic carbocycles. The quantitative estimate of drug-likeness (QED) is 0.646. The van der Waals surface area contributed by atoms with Crippen molar-refractivity contribution in [3.05, 3.63) is 29.6 Å². The predicted molar refractivity (Wildman–Crippen MR) is 52.6 cm³/mol. The van der Waals surface area contributed by atoms with Gasteiger partial charge in [-0.1, -0.05) is 0 Å². The van der Waals surface area contributed by atoms with Crippen molar-refractivity contribution in [3.63, 3.8) is 0 Å². The highest BCUT2D eigenvalue weighted by molar-refractivity contribution is 5.96. The fraction of sp³-hybridized carbons (Fsp3) is 0.111. The summed E-state index contributed by atoms with van der Waals surface area (Å²) in [5.74, 6) is -1.89. The Kier molecular flexibility index (Phi) is 3.35. The van der Waals surface area contributed by atoms with Gasteiger partial charge in [0.2, 0.25) is 11.8 Å². The summed E-state index contributed by atoms with van der Waals surface area (Å²) in [6.07, 6.45) is 0. The largest absolute Gasteiger partial charge is 0.366 e. The molecule has 0 heterocycles. The maximum atomic E-state index is 13.1. The van der Waals surface area contributed by atoms with Gasteiger partial charge in [0, 0.05) is 5.56 Å². The van der Waals surface area contributed by atoms with Crippen molar-refractivity contribution in [2.45, 2.75) is 0 Å². The van der Waals surface area contributed by atoms with Gasteiger partial charge in [0.25, 0.3) is 0 Å². The molecule has 0 fully saturated rings. The number of carbonyl (C=O) groups excluding carboxylic acids is 2. The minimum Gasteiger partial charge on any atom is -0.366 e. The first kappa shape index (κ1) is 11.1. The van der Waals surface area contributed by atoms with Crippen LogP contribution in [-0.4, -0.2) is 18.4 Å². The van der Waals surface area contributed by atoms with E-state index in [1.165, 1.54) is 6.07 Å². The summed E-state index contributed by atoms with van der Waals surface area (Å²) in [6, 6.07) is 3.44. The van der Waals surface area contributed by atoms with Gasteiger partial charge in [-0.15, -0.1) is 0 Å². The predicted octanol–water partition coefficient (Wildman–Crippen LogP) is -0.178. The van der Waals surface area contributed by atoms with Gasteiger partial charge in [-0.05, 0) is 18.2 Å². The highest BCUT2D eigenvalue weighted by Crippen LogP contribution is 2.15. The second-order valence-corrected chi connectivity index (χ2v) is 2.81. The molecule has 0 unspecified atom stereocenters. The summed E-state index contributed by atoms with van der Waals surface area (Å²) in [7, 11) is 0. The number of hydrogen-bond acceptors (Lipinski definition) is 3. The molecule has 0 atom stereocenters. The number of hydrogen-bond donors (Lipinski definition) is 3. The Hall–Kier alpha value is -1.95. The van der Waals surface area contributed by atoms with E-state index in [2.05, 4.69) is 5.32 Å². The van der Waals surface area contributed by atoms with Crippen LogP contribution in [0.25, 0.3) is 0 Å². The third-order valence-corrected chi connectivity index (χ3v) is 1.71. The number of amides is 2. The van der Waals surface area contributed by atoms with Gasteiger partial charge in [-0.25, -0.2) is 4.39 Å². The fourth-order valence-corrected chi connectivity index (χ4v) is 0.976. The number of carbonyl (C=O) groups is 2. The Bertz CT molecular complexity index is 406. The number of nitrogens with two attached hydrogens (primary N) is 2. The third-order valence-electron chi connectivity index (χ3n) is 1.71. The van der Waals surface area contributed by atoms with Crippen LogP contribution in [0.2, 0.25) is 0 Å². The molecule has 0 spiro atoms. The van der Waals surface area contributed by atoms with Gasteiger partial charge in [-0.3, -0.25) is 9.59 Å². The molecule has 0 saturated heterocycles. The molecule has 0 saturated carbocycles. The van der Waals surface area contributed by atoms with Gasteiger partial charge in [0.05, 0.1) is 12.2 Å². The molecule has 1 rings (SSSR count). The van der Waals surface area contributed by atoms with Gasteiger partial charge in [-0.2, -0.15) is 0 Å². The molecule has 80 valence electrons. The molecule has 1 aromatic rings. The molecule has 0 aliphatic rings. The Morgan fingerprint density at radius 3 is 2.60 bits per heavy atom. The molecule has 1 aromatic carbocycles. The van der Waals surface area contributed by atoms with Crippen molar-refractivity contribution in [2.75, 3.05) is 11.9 Å². The maximum Gasteiger partial charge on any atom is 0.248 e. The number of nitrogens with one attached hydrogen (secondary N) is 1. The maximum absolute atomic E-state index is 13.1. The van der Waals surface area contributed by atoms with Gasteiger partial charge in [0.15, 0.2) is 0 Å². The number of benzene rings is 1. The molecule has 0 bridgehead atoms. The van der Waals surface area contributed by atoms with Crippen molar-refractivity contribution >= 4 is 17.5 Å². The molecular weight excluding hydrogens is 201 g/mol. The van der Waals surface area contributed by atoms with Crippen LogP contribution in [0.15, 0.2) is 18.2 Å². The van der Waals surface area contributed by atoms with Crippen LogP contribution in [-0.2, 0) is 4.79 Å². The topological polar surface area (TPSA) is 98.2 Å². The van der Waals surface area contributed by atoms with Crippen LogP contribution in [0.5, 0.6) is 0 Å². The van der Waals surface area contributed by atoms with E-state index in [0.717, 1.165) is 12.1 Å². The van der Waals surface area contributed by atoms with Crippen LogP contribution >= 0.6 is 0 Å². The lowest BCUT2D eigenvalue weighted by Gasteiger charge is -2.05. The smallest absolute Gasteiger partial charge is 0.248 e. The van der Waals surface area contributed by atoms with E-state index in [0.29, 0.717) is 0 Å². The number of primary amides is 1. The lowest BCUT2D eigenvalue weighted by molar-refractivity contribution is -0.114. The van der Waals surface area contributed by atoms with Crippen LogP contribution in [0.3, 0.4) is 0 Å². The molecule has 5 nitrogen and oxygen atoms in total. The normalized spacial score (nSPS) is 9.73. The minimum atomic E-state index is -0.696. The van der Waals surface area contributed by atoms with Crippen LogP contribution < -0.4 is 16.8 Å². The van der Waals surface area contributed by atoms with E-state index >= 15 is 0 Å². The molecular formula is C9H10FN3O2. The Labute approximate surface area is 85.2 Å². The van der Waals surface area contributed by atoms with Crippen LogP contribution in [0.4, 0.5) is 10.1 Å². The van der Waals surface area contributed by atoms with E-state index in [1.807, 2.05) is 0 Å². The second kappa shape index (κ2) is 4.52. The van der Waals surface area contributed by atoms with Crippen molar-refractivity contribution in [1.29, 1.82) is 0 Å². The molecule has 0 radical (unpaired) electrons. The minimum absolute atomic E-state index is 0.109. The summed E-state index contributed by atoms with van der Waals surface area (Å²) in [5, 5.41) is 2.21. The SMILES string of the molecule is NCC(=O)Nc1cc(C(N)=O)ccc1F. The number of halogens is 1. The highest BCUT2D eigenvalue weighted by atomic mass is 19.1. The van der Waals surface area contributed by atoms with Crippen molar-refractivity contribution in [2.24, 2.45) is 11.5 Å². The Balaban J connectivity index is 3.00. The molecule has 5 N–H and O–H groups in total. The van der Waals surface area contributed by atoms with E-state index in [9.17, 15) is 14.0 Å². The van der Waals surface area contributed by atoms with Crippen LogP contribution in [0, 0.1) is 5.82 Å². The standard InChI is InChI=1S/C9H10FN3O2/c10-6-2-1-5(9(12)15)3-7(6)13-8(14)4-11/h1-3H,4,11H2,(H2,12,15)(H,13,14). The Morgan fingerprint density at radius 1 is 1.40 bits per heavy atom. The number of rotatable bonds is 3. The molecule has 0 aromatic heterocycles. The lowest BCUT2D eigenvalue weighted by Crippen LogP contribution is -2.22. The van der Waals surface area contributed by atoms with E-state index < -0.39 is 17.6 Å². The summed E-state index contributed by atoms with van der Waals surface area (Å²) >= 11 is 0. The lowest BCUT2D eigenvalue weighted by atomic mass is 10.2. The molecule has 0 aliphatic heterocycles. The number of anilines is 1. The molecule has 15 heavy (non-hydrogen) atoms. The van der Waals surface area contributed by atoms with E-state index in [1.54, 1.807) is 0 Å². The fourth-order valence-electron chi connectivity index (χ4n) is 0.976. The molecule has 6 heteroatoms. The van der Waals surface area contributed by atoms with Gasteiger partial charge in [0.1, 0.15) is 5.82 Å². The highest BCUT2D eigenvalue weighted by Gasteiger charge is 2.08. The zero-order chi connectivity index (χ0) is 11.4. The van der Waals surface area contributed by atoms with Gasteiger partial charge >= 0.3 is 0 Å². The average molecular weight is 211 g/mol. The zero-order valence-electron chi connectivity index (χ0n) is 7.79.